The van der Waals surface area contributed by atoms with E-state index in [4.69, 9.17) is 5.11 Å². The van der Waals surface area contributed by atoms with E-state index in [1.807, 2.05) is 19.2 Å². The van der Waals surface area contributed by atoms with Gasteiger partial charge in [-0.1, -0.05) is 11.8 Å². The van der Waals surface area contributed by atoms with Crippen LogP contribution in [0, 0.1) is 0 Å². The quantitative estimate of drug-likeness (QED) is 0.578. The van der Waals surface area contributed by atoms with Crippen LogP contribution in [0.5, 0.6) is 0 Å². The van der Waals surface area contributed by atoms with Crippen molar-refractivity contribution in [2.75, 3.05) is 36.2 Å². The van der Waals surface area contributed by atoms with Gasteiger partial charge in [0.2, 0.25) is 0 Å². The Morgan fingerprint density at radius 2 is 2.28 bits per heavy atom. The summed E-state index contributed by atoms with van der Waals surface area (Å²) in [4.78, 5) is 11.1. The molecule has 1 fully saturated rings. The summed E-state index contributed by atoms with van der Waals surface area (Å²) in [7, 11) is 0. The van der Waals surface area contributed by atoms with E-state index in [1.54, 1.807) is 0 Å². The van der Waals surface area contributed by atoms with E-state index in [0.717, 1.165) is 23.3 Å². The van der Waals surface area contributed by atoms with Gasteiger partial charge in [0, 0.05) is 25.2 Å². The molecule has 0 saturated heterocycles. The first-order chi connectivity index (χ1) is 8.78. The van der Waals surface area contributed by atoms with Crippen molar-refractivity contribution >= 4 is 23.4 Å². The third kappa shape index (κ3) is 3.26. The molecule has 0 bridgehead atoms. The Hall–Kier alpha value is -1.01. The first kappa shape index (κ1) is 13.4. The van der Waals surface area contributed by atoms with Gasteiger partial charge < -0.3 is 15.3 Å². The lowest BCUT2D eigenvalue weighted by Crippen LogP contribution is -2.30. The lowest BCUT2D eigenvalue weighted by Gasteiger charge is -2.23. The van der Waals surface area contributed by atoms with Crippen LogP contribution in [0.2, 0.25) is 0 Å². The molecule has 100 valence electrons. The molecule has 1 aromatic rings. The number of rotatable bonds is 7. The Balaban J connectivity index is 2.25. The first-order valence-corrected chi connectivity index (χ1v) is 7.55. The van der Waals surface area contributed by atoms with Crippen LogP contribution in [0.25, 0.3) is 0 Å². The van der Waals surface area contributed by atoms with Crippen LogP contribution < -0.4 is 10.2 Å². The standard InChI is InChI=1S/C12H20N4OS/c1-3-13-10-8-11(15-12(14-10)18-2)16(6-7-17)9-4-5-9/h8-9,17H,3-7H2,1-2H3,(H,13,14,15). The molecule has 1 saturated carbocycles. The Labute approximate surface area is 112 Å². The average molecular weight is 268 g/mol. The van der Waals surface area contributed by atoms with Gasteiger partial charge in [0.1, 0.15) is 11.6 Å². The van der Waals surface area contributed by atoms with Gasteiger partial charge >= 0.3 is 0 Å². The smallest absolute Gasteiger partial charge is 0.191 e. The van der Waals surface area contributed by atoms with E-state index in [1.165, 1.54) is 24.6 Å². The number of thioether (sulfide) groups is 1. The van der Waals surface area contributed by atoms with Gasteiger partial charge in [0.15, 0.2) is 5.16 Å². The van der Waals surface area contributed by atoms with Crippen LogP contribution >= 0.6 is 11.8 Å². The van der Waals surface area contributed by atoms with E-state index < -0.39 is 0 Å². The monoisotopic (exact) mass is 268 g/mol. The molecule has 0 aliphatic heterocycles. The Morgan fingerprint density at radius 1 is 1.50 bits per heavy atom. The highest BCUT2D eigenvalue weighted by molar-refractivity contribution is 7.98. The van der Waals surface area contributed by atoms with Crippen LogP contribution in [0.4, 0.5) is 11.6 Å². The maximum Gasteiger partial charge on any atom is 0.191 e. The lowest BCUT2D eigenvalue weighted by molar-refractivity contribution is 0.301. The van der Waals surface area contributed by atoms with Gasteiger partial charge in [0.25, 0.3) is 0 Å². The van der Waals surface area contributed by atoms with Crippen LogP contribution in [-0.4, -0.2) is 47.1 Å². The van der Waals surface area contributed by atoms with Crippen molar-refractivity contribution in [2.45, 2.75) is 31.0 Å². The highest BCUT2D eigenvalue weighted by Crippen LogP contribution is 2.31. The van der Waals surface area contributed by atoms with Crippen molar-refractivity contribution < 1.29 is 5.11 Å². The van der Waals surface area contributed by atoms with Gasteiger partial charge in [-0.3, -0.25) is 0 Å². The molecule has 6 heteroatoms. The molecular weight excluding hydrogens is 248 g/mol. The summed E-state index contributed by atoms with van der Waals surface area (Å²) < 4.78 is 0. The normalized spacial score (nSPS) is 14.6. The van der Waals surface area contributed by atoms with Crippen molar-refractivity contribution in [2.24, 2.45) is 0 Å². The fraction of sp³-hybridized carbons (Fsp3) is 0.667. The minimum Gasteiger partial charge on any atom is -0.395 e. The number of aromatic nitrogens is 2. The third-order valence-corrected chi connectivity index (χ3v) is 3.40. The Morgan fingerprint density at radius 3 is 2.83 bits per heavy atom. The van der Waals surface area contributed by atoms with Gasteiger partial charge in [-0.25, -0.2) is 9.97 Å². The van der Waals surface area contributed by atoms with Crippen molar-refractivity contribution in [3.8, 4) is 0 Å². The lowest BCUT2D eigenvalue weighted by atomic mass is 10.4. The van der Waals surface area contributed by atoms with E-state index in [2.05, 4.69) is 20.2 Å². The molecule has 18 heavy (non-hydrogen) atoms. The molecule has 0 spiro atoms. The number of aliphatic hydroxyl groups excluding tert-OH is 1. The average Bonchev–Trinajstić information content (AvgIpc) is 3.20. The summed E-state index contributed by atoms with van der Waals surface area (Å²) in [6.45, 7) is 3.69. The highest BCUT2D eigenvalue weighted by atomic mass is 32.2. The maximum absolute atomic E-state index is 9.17. The van der Waals surface area contributed by atoms with Crippen molar-refractivity contribution in [1.82, 2.24) is 9.97 Å². The molecular formula is C12H20N4OS. The van der Waals surface area contributed by atoms with E-state index in [-0.39, 0.29) is 6.61 Å². The molecule has 0 unspecified atom stereocenters. The summed E-state index contributed by atoms with van der Waals surface area (Å²) in [5, 5.41) is 13.2. The van der Waals surface area contributed by atoms with E-state index >= 15 is 0 Å². The molecule has 1 heterocycles. The molecule has 0 aromatic carbocycles. The topological polar surface area (TPSA) is 61.3 Å². The second-order valence-electron chi connectivity index (χ2n) is 4.28. The predicted molar refractivity (Wildman–Crippen MR) is 75.4 cm³/mol. The van der Waals surface area contributed by atoms with Gasteiger partial charge in [-0.2, -0.15) is 0 Å². The van der Waals surface area contributed by atoms with Crippen molar-refractivity contribution in [3.05, 3.63) is 6.07 Å². The van der Waals surface area contributed by atoms with Gasteiger partial charge in [0.05, 0.1) is 6.61 Å². The zero-order chi connectivity index (χ0) is 13.0. The SMILES string of the molecule is CCNc1cc(N(CCO)C2CC2)nc(SC)n1. The number of hydrogen-bond acceptors (Lipinski definition) is 6. The highest BCUT2D eigenvalue weighted by Gasteiger charge is 2.30. The van der Waals surface area contributed by atoms with Crippen molar-refractivity contribution in [1.29, 1.82) is 0 Å². The maximum atomic E-state index is 9.17. The van der Waals surface area contributed by atoms with Crippen LogP contribution in [0.15, 0.2) is 11.2 Å². The summed E-state index contributed by atoms with van der Waals surface area (Å²) in [6.07, 6.45) is 4.35. The zero-order valence-electron chi connectivity index (χ0n) is 10.9. The largest absolute Gasteiger partial charge is 0.395 e. The van der Waals surface area contributed by atoms with Crippen molar-refractivity contribution in [3.63, 3.8) is 0 Å². The fourth-order valence-electron chi connectivity index (χ4n) is 1.90. The summed E-state index contributed by atoms with van der Waals surface area (Å²) in [6, 6.07) is 2.51. The summed E-state index contributed by atoms with van der Waals surface area (Å²) in [5.41, 5.74) is 0. The number of hydrogen-bond donors (Lipinski definition) is 2. The number of nitrogens with one attached hydrogen (secondary N) is 1. The minimum atomic E-state index is 0.158. The second-order valence-corrected chi connectivity index (χ2v) is 5.05. The molecule has 5 nitrogen and oxygen atoms in total. The van der Waals surface area contributed by atoms with E-state index in [0.29, 0.717) is 12.6 Å². The summed E-state index contributed by atoms with van der Waals surface area (Å²) >= 11 is 1.54. The number of anilines is 2. The fourth-order valence-corrected chi connectivity index (χ4v) is 2.28. The second kappa shape index (κ2) is 6.24. The predicted octanol–water partition coefficient (Wildman–Crippen LogP) is 1.59. The molecule has 0 radical (unpaired) electrons. The molecule has 0 atom stereocenters. The van der Waals surface area contributed by atoms with E-state index in [9.17, 15) is 0 Å². The van der Waals surface area contributed by atoms with Crippen LogP contribution in [0.3, 0.4) is 0 Å². The Kier molecular flexibility index (Phi) is 4.66. The molecule has 2 rings (SSSR count). The first-order valence-electron chi connectivity index (χ1n) is 6.33. The molecule has 2 N–H and O–H groups in total. The number of aliphatic hydroxyl groups is 1. The Bertz CT molecular complexity index is 398. The molecule has 1 aliphatic carbocycles. The number of nitrogens with zero attached hydrogens (tertiary/aromatic N) is 3. The molecule has 1 aliphatic rings. The minimum absolute atomic E-state index is 0.158. The van der Waals surface area contributed by atoms with Gasteiger partial charge in [-0.15, -0.1) is 0 Å². The molecule has 1 aromatic heterocycles. The molecule has 0 amide bonds. The third-order valence-electron chi connectivity index (χ3n) is 2.86. The zero-order valence-corrected chi connectivity index (χ0v) is 11.7. The van der Waals surface area contributed by atoms with Gasteiger partial charge in [-0.05, 0) is 26.0 Å². The van der Waals surface area contributed by atoms with Crippen LogP contribution in [-0.2, 0) is 0 Å². The van der Waals surface area contributed by atoms with Crippen LogP contribution in [0.1, 0.15) is 19.8 Å². The summed E-state index contributed by atoms with van der Waals surface area (Å²) in [5.74, 6) is 1.78.